The van der Waals surface area contributed by atoms with Crippen LogP contribution in [0.5, 0.6) is 0 Å². The van der Waals surface area contributed by atoms with E-state index in [2.05, 4.69) is 31.9 Å². The van der Waals surface area contributed by atoms with E-state index in [9.17, 15) is 9.59 Å². The normalized spacial score (nSPS) is 10.5. The van der Waals surface area contributed by atoms with E-state index >= 15 is 0 Å². The van der Waals surface area contributed by atoms with Gasteiger partial charge in [-0.15, -0.1) is 0 Å². The molecule has 0 aliphatic rings. The number of carbonyl (C=O) groups is 2. The second-order valence-electron chi connectivity index (χ2n) is 2.66. The van der Waals surface area contributed by atoms with E-state index in [-0.39, 0.29) is 5.78 Å². The predicted octanol–water partition coefficient (Wildman–Crippen LogP) is 3.04. The van der Waals surface area contributed by atoms with Crippen LogP contribution in [-0.2, 0) is 4.79 Å². The molecule has 0 fully saturated rings. The van der Waals surface area contributed by atoms with Crippen molar-refractivity contribution in [2.75, 3.05) is 0 Å². The van der Waals surface area contributed by atoms with E-state index in [4.69, 9.17) is 5.11 Å². The second kappa shape index (κ2) is 5.23. The van der Waals surface area contributed by atoms with Crippen molar-refractivity contribution in [1.29, 1.82) is 0 Å². The molecule has 0 atom stereocenters. The maximum absolute atomic E-state index is 11.5. The summed E-state index contributed by atoms with van der Waals surface area (Å²) in [7, 11) is 0. The number of carboxylic acid groups (broad SMARTS) is 1. The molecule has 0 aromatic heterocycles. The second-order valence-corrected chi connectivity index (χ2v) is 4.43. The van der Waals surface area contributed by atoms with Crippen molar-refractivity contribution in [1.82, 2.24) is 0 Å². The summed E-state index contributed by atoms with van der Waals surface area (Å²) in [6, 6.07) is 5.12. The van der Waals surface area contributed by atoms with E-state index in [0.717, 1.165) is 16.6 Å². The average Bonchev–Trinajstić information content (AvgIpc) is 2.18. The zero-order chi connectivity index (χ0) is 11.4. The Labute approximate surface area is 103 Å². The van der Waals surface area contributed by atoms with E-state index in [1.54, 1.807) is 18.2 Å². The first-order valence-corrected chi connectivity index (χ1v) is 5.49. The number of carbonyl (C=O) groups excluding carboxylic acids is 1. The van der Waals surface area contributed by atoms with Crippen LogP contribution in [0.15, 0.2) is 39.3 Å². The summed E-state index contributed by atoms with van der Waals surface area (Å²) >= 11 is 6.45. The number of allylic oxidation sites excluding steroid dienone is 1. The van der Waals surface area contributed by atoms with E-state index in [0.29, 0.717) is 10.0 Å². The van der Waals surface area contributed by atoms with Gasteiger partial charge in [0.05, 0.1) is 0 Å². The number of ketones is 1. The lowest BCUT2D eigenvalue weighted by Gasteiger charge is -2.00. The number of benzene rings is 1. The minimum atomic E-state index is -1.14. The highest BCUT2D eigenvalue weighted by molar-refractivity contribution is 9.11. The molecule has 0 heterocycles. The number of rotatable bonds is 3. The quantitative estimate of drug-likeness (QED) is 0.683. The van der Waals surface area contributed by atoms with Gasteiger partial charge in [0.2, 0.25) is 0 Å². The van der Waals surface area contributed by atoms with Crippen molar-refractivity contribution in [3.05, 3.63) is 44.9 Å². The molecular weight excluding hydrogens is 328 g/mol. The third kappa shape index (κ3) is 3.60. The lowest BCUT2D eigenvalue weighted by molar-refractivity contribution is -0.131. The summed E-state index contributed by atoms with van der Waals surface area (Å²) in [4.78, 5) is 21.7. The summed E-state index contributed by atoms with van der Waals surface area (Å²) in [5.74, 6) is -1.50. The fourth-order valence-electron chi connectivity index (χ4n) is 0.923. The Bertz CT molecular complexity index is 438. The monoisotopic (exact) mass is 332 g/mol. The molecule has 0 saturated carbocycles. The lowest BCUT2D eigenvalue weighted by Crippen LogP contribution is -1.97. The molecule has 1 rings (SSSR count). The largest absolute Gasteiger partial charge is 0.478 e. The van der Waals surface area contributed by atoms with Crippen molar-refractivity contribution in [3.63, 3.8) is 0 Å². The van der Waals surface area contributed by atoms with Crippen LogP contribution in [0.2, 0.25) is 0 Å². The molecule has 0 unspecified atom stereocenters. The average molecular weight is 334 g/mol. The first-order valence-electron chi connectivity index (χ1n) is 3.91. The number of carboxylic acids is 1. The number of hydrogen-bond donors (Lipinski definition) is 1. The fraction of sp³-hybridized carbons (Fsp3) is 0. The Morgan fingerprint density at radius 2 is 1.87 bits per heavy atom. The van der Waals surface area contributed by atoms with E-state index in [1.165, 1.54) is 0 Å². The summed E-state index contributed by atoms with van der Waals surface area (Å²) in [5, 5.41) is 8.37. The number of hydrogen-bond acceptors (Lipinski definition) is 2. The molecule has 1 N–H and O–H groups in total. The molecular formula is C10H6Br2O3. The minimum Gasteiger partial charge on any atom is -0.478 e. The third-order valence-corrected chi connectivity index (χ3v) is 2.76. The van der Waals surface area contributed by atoms with Gasteiger partial charge in [0.1, 0.15) is 0 Å². The smallest absolute Gasteiger partial charge is 0.328 e. The van der Waals surface area contributed by atoms with Gasteiger partial charge >= 0.3 is 5.97 Å². The molecule has 0 spiro atoms. The minimum absolute atomic E-state index is 0.356. The van der Waals surface area contributed by atoms with E-state index < -0.39 is 5.97 Å². The highest BCUT2D eigenvalue weighted by Gasteiger charge is 2.07. The van der Waals surface area contributed by atoms with Crippen LogP contribution in [-0.4, -0.2) is 16.9 Å². The van der Waals surface area contributed by atoms with Crippen LogP contribution in [0.25, 0.3) is 0 Å². The molecule has 0 amide bonds. The Morgan fingerprint density at radius 3 is 2.47 bits per heavy atom. The molecule has 0 radical (unpaired) electrons. The molecule has 78 valence electrons. The van der Waals surface area contributed by atoms with Gasteiger partial charge in [0.15, 0.2) is 5.78 Å². The topological polar surface area (TPSA) is 54.4 Å². The van der Waals surface area contributed by atoms with Crippen molar-refractivity contribution in [2.45, 2.75) is 0 Å². The summed E-state index contributed by atoms with van der Waals surface area (Å²) in [5.41, 5.74) is 0.418. The van der Waals surface area contributed by atoms with Crippen LogP contribution < -0.4 is 0 Å². The van der Waals surface area contributed by atoms with Gasteiger partial charge in [-0.3, -0.25) is 4.79 Å². The Balaban J connectivity index is 3.01. The summed E-state index contributed by atoms with van der Waals surface area (Å²) < 4.78 is 1.39. The van der Waals surface area contributed by atoms with Crippen molar-refractivity contribution >= 4 is 43.6 Å². The van der Waals surface area contributed by atoms with Crippen molar-refractivity contribution in [3.8, 4) is 0 Å². The van der Waals surface area contributed by atoms with Gasteiger partial charge in [0, 0.05) is 20.6 Å². The van der Waals surface area contributed by atoms with E-state index in [1.807, 2.05) is 0 Å². The first-order chi connectivity index (χ1) is 7.00. The number of halogens is 2. The maximum Gasteiger partial charge on any atom is 0.328 e. The Kier molecular flexibility index (Phi) is 4.23. The van der Waals surface area contributed by atoms with Gasteiger partial charge in [0.25, 0.3) is 0 Å². The predicted molar refractivity (Wildman–Crippen MR) is 62.9 cm³/mol. The van der Waals surface area contributed by atoms with Gasteiger partial charge in [-0.05, 0) is 24.3 Å². The summed E-state index contributed by atoms with van der Waals surface area (Å²) in [6.07, 6.45) is 1.84. The third-order valence-electron chi connectivity index (χ3n) is 1.57. The van der Waals surface area contributed by atoms with Crippen LogP contribution in [0.1, 0.15) is 10.4 Å². The van der Waals surface area contributed by atoms with Gasteiger partial charge < -0.3 is 5.11 Å². The SMILES string of the molecule is O=C(O)/C=C/C(=O)c1cc(Br)ccc1Br. The van der Waals surface area contributed by atoms with Crippen molar-refractivity contribution < 1.29 is 14.7 Å². The van der Waals surface area contributed by atoms with Crippen LogP contribution in [0.3, 0.4) is 0 Å². The lowest BCUT2D eigenvalue weighted by atomic mass is 10.1. The van der Waals surface area contributed by atoms with Crippen LogP contribution in [0, 0.1) is 0 Å². The first kappa shape index (κ1) is 12.1. The fourth-order valence-corrected chi connectivity index (χ4v) is 1.73. The molecule has 5 heteroatoms. The molecule has 1 aromatic rings. The van der Waals surface area contributed by atoms with Crippen molar-refractivity contribution in [2.24, 2.45) is 0 Å². The molecule has 0 bridgehead atoms. The van der Waals surface area contributed by atoms with Gasteiger partial charge in [-0.1, -0.05) is 31.9 Å². The van der Waals surface area contributed by atoms with Crippen LogP contribution in [0.4, 0.5) is 0 Å². The zero-order valence-corrected chi connectivity index (χ0v) is 10.6. The molecule has 15 heavy (non-hydrogen) atoms. The standard InChI is InChI=1S/C10H6Br2O3/c11-6-1-2-8(12)7(5-6)9(13)3-4-10(14)15/h1-5H,(H,14,15)/b4-3+. The zero-order valence-electron chi connectivity index (χ0n) is 7.41. The highest BCUT2D eigenvalue weighted by atomic mass is 79.9. The van der Waals surface area contributed by atoms with Gasteiger partial charge in [-0.25, -0.2) is 4.79 Å². The maximum atomic E-state index is 11.5. The molecule has 0 aliphatic carbocycles. The Morgan fingerprint density at radius 1 is 1.20 bits per heavy atom. The number of aliphatic carboxylic acids is 1. The highest BCUT2D eigenvalue weighted by Crippen LogP contribution is 2.22. The Hall–Kier alpha value is -0.940. The van der Waals surface area contributed by atoms with Crippen LogP contribution >= 0.6 is 31.9 Å². The molecule has 1 aromatic carbocycles. The molecule has 3 nitrogen and oxygen atoms in total. The molecule has 0 aliphatic heterocycles. The van der Waals surface area contributed by atoms with Gasteiger partial charge in [-0.2, -0.15) is 0 Å². The summed E-state index contributed by atoms with van der Waals surface area (Å²) in [6.45, 7) is 0. The molecule has 0 saturated heterocycles.